The zero-order chi connectivity index (χ0) is 37.5. The zero-order valence-corrected chi connectivity index (χ0v) is 33.9. The Morgan fingerprint density at radius 2 is 0.920 bits per heavy atom. The van der Waals surface area contributed by atoms with Crippen LogP contribution in [0.1, 0.15) is 112 Å². The highest BCUT2D eigenvalue weighted by atomic mass is 16.5. The van der Waals surface area contributed by atoms with E-state index in [1.165, 1.54) is 55.5 Å². The number of hydrogen-bond acceptors (Lipinski definition) is 3. The van der Waals surface area contributed by atoms with Gasteiger partial charge in [0.2, 0.25) is 0 Å². The van der Waals surface area contributed by atoms with Crippen LogP contribution < -0.4 is 14.5 Å². The minimum absolute atomic E-state index is 0.528. The minimum atomic E-state index is 0.528. The van der Waals surface area contributed by atoms with Gasteiger partial charge in [-0.2, -0.15) is 0 Å². The topological polar surface area (TPSA) is 15.7 Å². The van der Waals surface area contributed by atoms with Gasteiger partial charge in [-0.3, -0.25) is 0 Å². The van der Waals surface area contributed by atoms with E-state index in [1.807, 2.05) is 0 Å². The molecule has 0 aliphatic rings. The second-order valence-electron chi connectivity index (χ2n) is 14.9. The predicted octanol–water partition coefficient (Wildman–Crippen LogP) is 13.2. The van der Waals surface area contributed by atoms with Crippen LogP contribution >= 0.6 is 0 Å². The summed E-state index contributed by atoms with van der Waals surface area (Å²) in [5, 5.41) is 2.72. The van der Waals surface area contributed by atoms with Gasteiger partial charge in [-0.15, -0.1) is 0 Å². The largest absolute Gasteiger partial charge is 0.496 e. The van der Waals surface area contributed by atoms with E-state index in [2.05, 4.69) is 210 Å². The third-order valence-electron chi connectivity index (χ3n) is 8.87. The molecule has 0 aliphatic carbocycles. The highest BCUT2D eigenvalue weighted by Crippen LogP contribution is 2.32. The molecule has 270 valence electrons. The molecule has 5 aromatic carbocycles. The van der Waals surface area contributed by atoms with Gasteiger partial charge in [0, 0.05) is 45.0 Å². The van der Waals surface area contributed by atoms with Crippen LogP contribution in [0.4, 0.5) is 11.4 Å². The van der Waals surface area contributed by atoms with E-state index in [-0.39, 0.29) is 0 Å². The van der Waals surface area contributed by atoms with Crippen molar-refractivity contribution < 1.29 is 4.74 Å². The molecular weight excluding hydrogens is 609 g/mol. The molecule has 0 aliphatic heterocycles. The van der Waals surface area contributed by atoms with Crippen LogP contribution in [0.2, 0.25) is 0 Å². The summed E-state index contributed by atoms with van der Waals surface area (Å²) >= 11 is 0. The van der Waals surface area contributed by atoms with Gasteiger partial charge < -0.3 is 14.5 Å². The van der Waals surface area contributed by atoms with Crippen molar-refractivity contribution in [2.75, 3.05) is 45.1 Å². The number of benzene rings is 5. The van der Waals surface area contributed by atoms with Gasteiger partial charge >= 0.3 is 0 Å². The van der Waals surface area contributed by atoms with Gasteiger partial charge in [0.05, 0.1) is 7.11 Å². The number of hydrogen-bond donors (Lipinski definition) is 0. The Bertz CT molecular complexity index is 1620. The molecule has 0 spiro atoms. The summed E-state index contributed by atoms with van der Waals surface area (Å²) in [5.41, 5.74) is 10.7. The van der Waals surface area contributed by atoms with Gasteiger partial charge in [-0.05, 0) is 95.0 Å². The van der Waals surface area contributed by atoms with E-state index in [4.69, 9.17) is 4.74 Å². The summed E-state index contributed by atoms with van der Waals surface area (Å²) in [7, 11) is 10.0. The Kier molecular flexibility index (Phi) is 17.1. The molecule has 0 N–H and O–H groups in total. The SMILES string of the molecule is CC(C)c1ccc(N(C)C)c2ccccc12.CC(C)c1ccc(N(C)C)cc1.COc1cc(C)ccc1C(C)C.Cc1ccc(C(C)C)cc1. The van der Waals surface area contributed by atoms with Crippen LogP contribution in [0.25, 0.3) is 10.8 Å². The van der Waals surface area contributed by atoms with Crippen molar-refractivity contribution in [3.05, 3.63) is 137 Å². The molecule has 0 fully saturated rings. The van der Waals surface area contributed by atoms with Gasteiger partial charge in [0.1, 0.15) is 5.75 Å². The van der Waals surface area contributed by atoms with Gasteiger partial charge in [0.15, 0.2) is 0 Å². The third-order valence-corrected chi connectivity index (χ3v) is 8.87. The molecule has 5 rings (SSSR count). The van der Waals surface area contributed by atoms with Crippen molar-refractivity contribution >= 4 is 22.1 Å². The van der Waals surface area contributed by atoms with E-state index < -0.39 is 0 Å². The maximum atomic E-state index is 5.29. The average Bonchev–Trinajstić information content (AvgIpc) is 3.08. The van der Waals surface area contributed by atoms with Crippen LogP contribution in [-0.4, -0.2) is 35.3 Å². The molecule has 3 nitrogen and oxygen atoms in total. The number of ether oxygens (including phenoxy) is 1. The van der Waals surface area contributed by atoms with Crippen molar-refractivity contribution in [3.8, 4) is 5.75 Å². The van der Waals surface area contributed by atoms with Crippen molar-refractivity contribution in [1.82, 2.24) is 0 Å². The van der Waals surface area contributed by atoms with Gasteiger partial charge in [0.25, 0.3) is 0 Å². The number of aryl methyl sites for hydroxylation is 2. The Labute approximate surface area is 306 Å². The molecule has 5 aromatic rings. The highest BCUT2D eigenvalue weighted by molar-refractivity contribution is 5.96. The van der Waals surface area contributed by atoms with Crippen molar-refractivity contribution in [1.29, 1.82) is 0 Å². The highest BCUT2D eigenvalue weighted by Gasteiger charge is 2.09. The number of fused-ring (bicyclic) bond motifs is 1. The first-order valence-corrected chi connectivity index (χ1v) is 18.2. The second-order valence-corrected chi connectivity index (χ2v) is 14.9. The minimum Gasteiger partial charge on any atom is -0.496 e. The monoisotopic (exact) mass is 675 g/mol. The molecule has 0 radical (unpaired) electrons. The standard InChI is InChI=1S/C15H19N.C11H17N.C11H16O.C10H14/c1-11(2)12-9-10-15(16(3)4)14-8-6-5-7-13(12)14;1-9(2)10-5-7-11(8-6-10)12(3)4;1-8(2)10-6-5-9(3)7-11(10)12-4;1-8(2)10-6-4-9(3)5-7-10/h5-11H,1-4H3;5-9H,1-4H3;5-8H,1-4H3;4-8H,1-3H3. The lowest BCUT2D eigenvalue weighted by Crippen LogP contribution is -2.09. The van der Waals surface area contributed by atoms with Crippen LogP contribution in [0, 0.1) is 13.8 Å². The number of methoxy groups -OCH3 is 1. The molecule has 0 bridgehead atoms. The van der Waals surface area contributed by atoms with Gasteiger partial charge in [-0.1, -0.05) is 140 Å². The lowest BCUT2D eigenvalue weighted by atomic mass is 9.95. The van der Waals surface area contributed by atoms with Crippen LogP contribution in [0.5, 0.6) is 5.75 Å². The van der Waals surface area contributed by atoms with E-state index in [1.54, 1.807) is 7.11 Å². The summed E-state index contributed by atoms with van der Waals surface area (Å²) in [6, 6.07) is 36.9. The molecule has 50 heavy (non-hydrogen) atoms. The van der Waals surface area contributed by atoms with E-state index in [9.17, 15) is 0 Å². The Balaban J connectivity index is 0.000000235. The quantitative estimate of drug-likeness (QED) is 0.171. The number of rotatable bonds is 7. The Morgan fingerprint density at radius 3 is 1.36 bits per heavy atom. The summed E-state index contributed by atoms with van der Waals surface area (Å²) < 4.78 is 5.29. The lowest BCUT2D eigenvalue weighted by molar-refractivity contribution is 0.407. The summed E-state index contributed by atoms with van der Waals surface area (Å²) in [5.74, 6) is 3.38. The van der Waals surface area contributed by atoms with Gasteiger partial charge in [-0.25, -0.2) is 0 Å². The average molecular weight is 675 g/mol. The first-order valence-electron chi connectivity index (χ1n) is 18.2. The molecule has 0 saturated carbocycles. The maximum absolute atomic E-state index is 5.29. The molecular formula is C47H66N2O. The summed E-state index contributed by atoms with van der Waals surface area (Å²) in [6.07, 6.45) is 0. The Morgan fingerprint density at radius 1 is 0.460 bits per heavy atom. The number of nitrogens with zero attached hydrogens (tertiary/aromatic N) is 2. The maximum Gasteiger partial charge on any atom is 0.122 e. The zero-order valence-electron chi connectivity index (χ0n) is 33.9. The van der Waals surface area contributed by atoms with E-state index in [0.717, 1.165) is 5.75 Å². The van der Waals surface area contributed by atoms with E-state index in [0.29, 0.717) is 23.7 Å². The van der Waals surface area contributed by atoms with Crippen molar-refractivity contribution in [2.24, 2.45) is 0 Å². The fourth-order valence-corrected chi connectivity index (χ4v) is 5.60. The molecule has 0 amide bonds. The lowest BCUT2D eigenvalue weighted by Gasteiger charge is -2.18. The predicted molar refractivity (Wildman–Crippen MR) is 224 cm³/mol. The van der Waals surface area contributed by atoms with Crippen LogP contribution in [-0.2, 0) is 0 Å². The van der Waals surface area contributed by atoms with Crippen LogP contribution in [0.15, 0.2) is 103 Å². The molecule has 0 unspecified atom stereocenters. The van der Waals surface area contributed by atoms with Crippen molar-refractivity contribution in [3.63, 3.8) is 0 Å². The van der Waals surface area contributed by atoms with Crippen LogP contribution in [0.3, 0.4) is 0 Å². The fraction of sp³-hybridized carbons (Fsp3) is 0.404. The smallest absolute Gasteiger partial charge is 0.122 e. The fourth-order valence-electron chi connectivity index (χ4n) is 5.60. The summed E-state index contributed by atoms with van der Waals surface area (Å²) in [4.78, 5) is 4.29. The molecule has 0 saturated heterocycles. The Hall–Kier alpha value is -4.24. The number of anilines is 2. The molecule has 3 heteroatoms. The van der Waals surface area contributed by atoms with E-state index >= 15 is 0 Å². The summed E-state index contributed by atoms with van der Waals surface area (Å²) in [6.45, 7) is 21.9. The third kappa shape index (κ3) is 12.9. The molecule has 0 atom stereocenters. The first-order chi connectivity index (χ1) is 23.6. The normalized spacial score (nSPS) is 10.6. The second kappa shape index (κ2) is 20.4. The molecule has 0 heterocycles. The molecule has 0 aromatic heterocycles. The van der Waals surface area contributed by atoms with Crippen molar-refractivity contribution in [2.45, 2.75) is 92.9 Å². The first kappa shape index (κ1) is 41.9.